The first-order chi connectivity index (χ1) is 10.7. The molecule has 1 aliphatic heterocycles. The summed E-state index contributed by atoms with van der Waals surface area (Å²) in [5.41, 5.74) is 0.397. The second kappa shape index (κ2) is 6.83. The van der Waals surface area contributed by atoms with Crippen molar-refractivity contribution in [1.29, 1.82) is 0 Å². The molecule has 0 aliphatic carbocycles. The molecule has 1 aliphatic rings. The average Bonchev–Trinajstić information content (AvgIpc) is 3.03. The van der Waals surface area contributed by atoms with Gasteiger partial charge in [-0.2, -0.15) is 0 Å². The minimum atomic E-state index is -0.0489. The van der Waals surface area contributed by atoms with Gasteiger partial charge in [0.15, 0.2) is 0 Å². The highest BCUT2D eigenvalue weighted by Crippen LogP contribution is 2.26. The molecule has 1 aromatic heterocycles. The molecule has 0 radical (unpaired) electrons. The predicted octanol–water partition coefficient (Wildman–Crippen LogP) is 3.04. The number of aromatic hydroxyl groups is 1. The maximum atomic E-state index is 12.4. The molecule has 1 atom stereocenters. The molecule has 1 aromatic carbocycles. The zero-order valence-electron chi connectivity index (χ0n) is 12.2. The number of hydrogen-bond donors (Lipinski definition) is 1. The normalized spacial score (nSPS) is 17.6. The molecule has 3 rings (SSSR count). The van der Waals surface area contributed by atoms with Gasteiger partial charge in [0.05, 0.1) is 6.20 Å². The Morgan fingerprint density at radius 2 is 2.09 bits per heavy atom. The summed E-state index contributed by atoms with van der Waals surface area (Å²) in [5.74, 6) is 1.57. The van der Waals surface area contributed by atoms with Crippen molar-refractivity contribution in [3.8, 4) is 5.75 Å². The Balaban J connectivity index is 1.53. The molecule has 1 N–H and O–H groups in total. The molecule has 1 unspecified atom stereocenters. The van der Waals surface area contributed by atoms with E-state index in [0.717, 1.165) is 25.3 Å². The highest BCUT2D eigenvalue weighted by molar-refractivity contribution is 7.99. The van der Waals surface area contributed by atoms with Gasteiger partial charge in [-0.3, -0.25) is 4.79 Å². The topological polar surface area (TPSA) is 53.4 Å². The van der Waals surface area contributed by atoms with Crippen LogP contribution in [0.3, 0.4) is 0 Å². The van der Waals surface area contributed by atoms with E-state index in [2.05, 4.69) is 17.1 Å². The molecular weight excluding hydrogens is 296 g/mol. The first-order valence-corrected chi connectivity index (χ1v) is 8.33. The molecule has 2 heterocycles. The predicted molar refractivity (Wildman–Crippen MR) is 87.1 cm³/mol. The van der Waals surface area contributed by atoms with Crippen LogP contribution in [0.1, 0.15) is 16.9 Å². The summed E-state index contributed by atoms with van der Waals surface area (Å²) >= 11 is 1.84. The average molecular weight is 314 g/mol. The summed E-state index contributed by atoms with van der Waals surface area (Å²) in [6.45, 7) is 1.56. The molecular formula is C17H18N2O2S. The van der Waals surface area contributed by atoms with Crippen LogP contribution < -0.4 is 0 Å². The van der Waals surface area contributed by atoms with Crippen molar-refractivity contribution < 1.29 is 9.90 Å². The van der Waals surface area contributed by atoms with E-state index in [4.69, 9.17) is 0 Å². The lowest BCUT2D eigenvalue weighted by atomic mass is 10.2. The number of carbonyl (C=O) groups is 1. The van der Waals surface area contributed by atoms with Crippen molar-refractivity contribution >= 4 is 17.7 Å². The number of rotatable bonds is 4. The number of hydrogen-bond acceptors (Lipinski definition) is 4. The van der Waals surface area contributed by atoms with Crippen LogP contribution in [0.5, 0.6) is 5.75 Å². The number of likely N-dealkylation sites (tertiary alicyclic amines) is 1. The molecule has 5 heteroatoms. The summed E-state index contributed by atoms with van der Waals surface area (Å²) in [4.78, 5) is 19.5. The van der Waals surface area contributed by atoms with Crippen LogP contribution in [0.15, 0.2) is 53.6 Å². The highest BCUT2D eigenvalue weighted by atomic mass is 32.2. The third-order valence-corrected chi connectivity index (χ3v) is 5.01. The van der Waals surface area contributed by atoms with Crippen LogP contribution in [0.25, 0.3) is 0 Å². The van der Waals surface area contributed by atoms with E-state index in [1.807, 2.05) is 34.9 Å². The van der Waals surface area contributed by atoms with Gasteiger partial charge >= 0.3 is 0 Å². The summed E-state index contributed by atoms with van der Waals surface area (Å²) < 4.78 is 0. The lowest BCUT2D eigenvalue weighted by Crippen LogP contribution is -2.29. The number of pyridine rings is 1. The molecule has 2 aromatic rings. The number of aromatic nitrogens is 1. The van der Waals surface area contributed by atoms with Gasteiger partial charge in [-0.05, 0) is 36.6 Å². The van der Waals surface area contributed by atoms with E-state index >= 15 is 0 Å². The summed E-state index contributed by atoms with van der Waals surface area (Å²) in [6.07, 6.45) is 2.34. The van der Waals surface area contributed by atoms with Crippen LogP contribution in [0.4, 0.5) is 0 Å². The monoisotopic (exact) mass is 314 g/mol. The van der Waals surface area contributed by atoms with Gasteiger partial charge in [-0.15, -0.1) is 11.8 Å². The lowest BCUT2D eigenvalue weighted by Gasteiger charge is -2.16. The SMILES string of the molecule is O=C(c1ccc(O)cn1)N1CCC(CSc2ccccc2)C1. The van der Waals surface area contributed by atoms with Crippen molar-refractivity contribution in [3.05, 3.63) is 54.4 Å². The number of carbonyl (C=O) groups excluding carboxylic acids is 1. The van der Waals surface area contributed by atoms with Crippen molar-refractivity contribution in [2.75, 3.05) is 18.8 Å². The van der Waals surface area contributed by atoms with Crippen LogP contribution in [0, 0.1) is 5.92 Å². The molecule has 1 fully saturated rings. The van der Waals surface area contributed by atoms with E-state index in [1.54, 1.807) is 6.07 Å². The van der Waals surface area contributed by atoms with Gasteiger partial charge < -0.3 is 10.0 Å². The van der Waals surface area contributed by atoms with E-state index in [0.29, 0.717) is 11.6 Å². The Bertz CT molecular complexity index is 631. The molecule has 1 amide bonds. The molecule has 1 saturated heterocycles. The Kier molecular flexibility index (Phi) is 4.63. The smallest absolute Gasteiger partial charge is 0.272 e. The highest BCUT2D eigenvalue weighted by Gasteiger charge is 2.27. The van der Waals surface area contributed by atoms with Gasteiger partial charge in [0.25, 0.3) is 5.91 Å². The number of thioether (sulfide) groups is 1. The first-order valence-electron chi connectivity index (χ1n) is 7.34. The maximum Gasteiger partial charge on any atom is 0.272 e. The van der Waals surface area contributed by atoms with E-state index in [9.17, 15) is 9.90 Å². The maximum absolute atomic E-state index is 12.4. The fourth-order valence-electron chi connectivity index (χ4n) is 2.56. The van der Waals surface area contributed by atoms with Gasteiger partial charge in [-0.1, -0.05) is 18.2 Å². The second-order valence-corrected chi connectivity index (χ2v) is 6.52. The largest absolute Gasteiger partial charge is 0.506 e. The van der Waals surface area contributed by atoms with Crippen LogP contribution in [-0.4, -0.2) is 39.7 Å². The number of benzene rings is 1. The molecule has 114 valence electrons. The third-order valence-electron chi connectivity index (χ3n) is 3.77. The van der Waals surface area contributed by atoms with Gasteiger partial charge in [0.1, 0.15) is 11.4 Å². The fourth-order valence-corrected chi connectivity index (χ4v) is 3.61. The third kappa shape index (κ3) is 3.60. The van der Waals surface area contributed by atoms with E-state index in [1.165, 1.54) is 17.2 Å². The fraction of sp³-hybridized carbons (Fsp3) is 0.294. The van der Waals surface area contributed by atoms with Crippen LogP contribution >= 0.6 is 11.8 Å². The van der Waals surface area contributed by atoms with Gasteiger partial charge in [-0.25, -0.2) is 4.98 Å². The Morgan fingerprint density at radius 1 is 1.27 bits per heavy atom. The van der Waals surface area contributed by atoms with Crippen LogP contribution in [0.2, 0.25) is 0 Å². The Labute approximate surface area is 134 Å². The van der Waals surface area contributed by atoms with Crippen LogP contribution in [-0.2, 0) is 0 Å². The van der Waals surface area contributed by atoms with Gasteiger partial charge in [0.2, 0.25) is 0 Å². The number of amides is 1. The zero-order chi connectivity index (χ0) is 15.4. The Hall–Kier alpha value is -2.01. The van der Waals surface area contributed by atoms with Crippen molar-refractivity contribution in [3.63, 3.8) is 0 Å². The van der Waals surface area contributed by atoms with Crippen molar-refractivity contribution in [1.82, 2.24) is 9.88 Å². The minimum Gasteiger partial charge on any atom is -0.506 e. The van der Waals surface area contributed by atoms with Crippen molar-refractivity contribution in [2.45, 2.75) is 11.3 Å². The quantitative estimate of drug-likeness (QED) is 0.881. The summed E-state index contributed by atoms with van der Waals surface area (Å²) in [6, 6.07) is 13.4. The minimum absolute atomic E-state index is 0.0489. The molecule has 22 heavy (non-hydrogen) atoms. The Morgan fingerprint density at radius 3 is 2.82 bits per heavy atom. The van der Waals surface area contributed by atoms with E-state index < -0.39 is 0 Å². The molecule has 4 nitrogen and oxygen atoms in total. The van der Waals surface area contributed by atoms with Gasteiger partial charge in [0, 0.05) is 23.7 Å². The summed E-state index contributed by atoms with van der Waals surface area (Å²) in [7, 11) is 0. The molecule has 0 bridgehead atoms. The van der Waals surface area contributed by atoms with E-state index in [-0.39, 0.29) is 11.7 Å². The standard InChI is InChI=1S/C17H18N2O2S/c20-14-6-7-16(18-10-14)17(21)19-9-8-13(11-19)12-22-15-4-2-1-3-5-15/h1-7,10,13,20H,8-9,11-12H2. The first kappa shape index (κ1) is 14.9. The summed E-state index contributed by atoms with van der Waals surface area (Å²) in [5, 5.41) is 9.23. The van der Waals surface area contributed by atoms with Crippen molar-refractivity contribution in [2.24, 2.45) is 5.92 Å². The second-order valence-electron chi connectivity index (χ2n) is 5.43. The lowest BCUT2D eigenvalue weighted by molar-refractivity contribution is 0.0782. The number of nitrogens with zero attached hydrogens (tertiary/aromatic N) is 2. The molecule has 0 spiro atoms. The molecule has 0 saturated carbocycles. The zero-order valence-corrected chi connectivity index (χ0v) is 13.0.